The number of phenolic OH excluding ortho intramolecular Hbond substituents is 1. The van der Waals surface area contributed by atoms with E-state index in [0.29, 0.717) is 35.7 Å². The predicted octanol–water partition coefficient (Wildman–Crippen LogP) is 3.86. The van der Waals surface area contributed by atoms with Crippen LogP contribution >= 0.6 is 0 Å². The van der Waals surface area contributed by atoms with Crippen LogP contribution < -0.4 is 19.7 Å². The number of para-hydroxylation sites is 2. The lowest BCUT2D eigenvalue weighted by molar-refractivity contribution is -0.136. The van der Waals surface area contributed by atoms with Crippen LogP contribution in [-0.2, 0) is 11.2 Å². The van der Waals surface area contributed by atoms with Crippen molar-refractivity contribution >= 4 is 23.3 Å². The molecular formula is C26H26N2O6. The van der Waals surface area contributed by atoms with Crippen LogP contribution in [0.4, 0.5) is 11.4 Å². The third kappa shape index (κ3) is 5.23. The minimum atomic E-state index is -1.07. The van der Waals surface area contributed by atoms with E-state index in [-0.39, 0.29) is 29.7 Å². The Morgan fingerprint density at radius 1 is 1.15 bits per heavy atom. The molecule has 3 N–H and O–H groups in total. The minimum absolute atomic E-state index is 0.0847. The maximum atomic E-state index is 12.7. The van der Waals surface area contributed by atoms with E-state index < -0.39 is 5.97 Å². The van der Waals surface area contributed by atoms with Crippen molar-refractivity contribution in [3.63, 3.8) is 0 Å². The van der Waals surface area contributed by atoms with Gasteiger partial charge in [-0.05, 0) is 61.0 Å². The molecule has 34 heavy (non-hydrogen) atoms. The van der Waals surface area contributed by atoms with Crippen molar-refractivity contribution in [2.75, 3.05) is 30.4 Å². The van der Waals surface area contributed by atoms with E-state index in [9.17, 15) is 14.7 Å². The highest BCUT2D eigenvalue weighted by Crippen LogP contribution is 2.32. The van der Waals surface area contributed by atoms with Crippen LogP contribution in [-0.4, -0.2) is 48.4 Å². The van der Waals surface area contributed by atoms with Gasteiger partial charge in [-0.2, -0.15) is 0 Å². The molecule has 0 saturated carbocycles. The maximum Gasteiger partial charge on any atom is 0.307 e. The van der Waals surface area contributed by atoms with Crippen LogP contribution in [0.5, 0.6) is 17.2 Å². The molecule has 0 aromatic heterocycles. The second kappa shape index (κ2) is 9.74. The highest BCUT2D eigenvalue weighted by atomic mass is 16.5. The van der Waals surface area contributed by atoms with Crippen molar-refractivity contribution in [2.24, 2.45) is 0 Å². The number of nitrogens with zero attached hydrogens (tertiary/aromatic N) is 1. The van der Waals surface area contributed by atoms with Crippen molar-refractivity contribution < 1.29 is 29.3 Å². The van der Waals surface area contributed by atoms with Gasteiger partial charge in [-0.3, -0.25) is 9.59 Å². The molecule has 8 heteroatoms. The molecule has 1 aliphatic rings. The number of anilines is 2. The zero-order valence-corrected chi connectivity index (χ0v) is 18.9. The first kappa shape index (κ1) is 23.0. The van der Waals surface area contributed by atoms with E-state index in [1.165, 1.54) is 6.07 Å². The van der Waals surface area contributed by atoms with Gasteiger partial charge in [0, 0.05) is 23.9 Å². The Hall–Kier alpha value is -4.20. The molecule has 176 valence electrons. The maximum absolute atomic E-state index is 12.7. The SMILES string of the molecule is Cc1cc(NC(=O)c2ccc(OC[C@@H]3CN(C)c4ccccc4O3)cc2)cc(CC(=O)O)c1O. The Balaban J connectivity index is 1.36. The van der Waals surface area contributed by atoms with Crippen LogP contribution in [0, 0.1) is 6.92 Å². The Morgan fingerprint density at radius 3 is 2.62 bits per heavy atom. The number of carboxylic acid groups (broad SMARTS) is 1. The number of carbonyl (C=O) groups excluding carboxylic acids is 1. The quantitative estimate of drug-likeness (QED) is 0.458. The summed E-state index contributed by atoms with van der Waals surface area (Å²) in [5, 5.41) is 21.8. The number of aromatic hydroxyl groups is 1. The van der Waals surface area contributed by atoms with Crippen LogP contribution in [0.1, 0.15) is 21.5 Å². The molecule has 1 amide bonds. The average molecular weight is 463 g/mol. The number of aliphatic carboxylic acids is 1. The summed E-state index contributed by atoms with van der Waals surface area (Å²) >= 11 is 0. The van der Waals surface area contributed by atoms with Gasteiger partial charge >= 0.3 is 5.97 Å². The first-order valence-electron chi connectivity index (χ1n) is 10.9. The summed E-state index contributed by atoms with van der Waals surface area (Å²) < 4.78 is 11.9. The smallest absolute Gasteiger partial charge is 0.307 e. The van der Waals surface area contributed by atoms with Gasteiger partial charge in [-0.15, -0.1) is 0 Å². The number of benzene rings is 3. The van der Waals surface area contributed by atoms with Gasteiger partial charge in [0.1, 0.15) is 30.0 Å². The summed E-state index contributed by atoms with van der Waals surface area (Å²) in [5.41, 5.74) is 2.60. The number of fused-ring (bicyclic) bond motifs is 1. The molecule has 8 nitrogen and oxygen atoms in total. The molecule has 0 unspecified atom stereocenters. The third-order valence-corrected chi connectivity index (χ3v) is 5.58. The summed E-state index contributed by atoms with van der Waals surface area (Å²) in [6.07, 6.45) is -0.463. The van der Waals surface area contributed by atoms with Crippen molar-refractivity contribution in [1.82, 2.24) is 0 Å². The number of likely N-dealkylation sites (N-methyl/N-ethyl adjacent to an activating group) is 1. The summed E-state index contributed by atoms with van der Waals surface area (Å²) in [6, 6.07) is 17.7. The average Bonchev–Trinajstić information content (AvgIpc) is 2.81. The van der Waals surface area contributed by atoms with Gasteiger partial charge < -0.3 is 29.9 Å². The lowest BCUT2D eigenvalue weighted by Crippen LogP contribution is -2.41. The molecule has 1 atom stereocenters. The molecule has 0 saturated heterocycles. The zero-order chi connectivity index (χ0) is 24.2. The number of rotatable bonds is 7. The summed E-state index contributed by atoms with van der Waals surface area (Å²) in [4.78, 5) is 25.8. The fourth-order valence-corrected chi connectivity index (χ4v) is 3.90. The van der Waals surface area contributed by atoms with E-state index in [1.807, 2.05) is 31.3 Å². The van der Waals surface area contributed by atoms with Gasteiger partial charge in [0.2, 0.25) is 0 Å². The van der Waals surface area contributed by atoms with E-state index in [1.54, 1.807) is 37.3 Å². The highest BCUT2D eigenvalue weighted by molar-refractivity contribution is 6.04. The summed E-state index contributed by atoms with van der Waals surface area (Å²) in [7, 11) is 2.02. The summed E-state index contributed by atoms with van der Waals surface area (Å²) in [6.45, 7) is 2.71. The fraction of sp³-hybridized carbons (Fsp3) is 0.231. The Labute approximate surface area is 197 Å². The van der Waals surface area contributed by atoms with E-state index in [4.69, 9.17) is 14.6 Å². The number of nitrogens with one attached hydrogen (secondary N) is 1. The second-order valence-corrected chi connectivity index (χ2v) is 8.25. The molecule has 0 spiro atoms. The van der Waals surface area contributed by atoms with Gasteiger partial charge in [0.05, 0.1) is 18.7 Å². The van der Waals surface area contributed by atoms with E-state index in [0.717, 1.165) is 11.4 Å². The molecule has 3 aromatic carbocycles. The molecular weight excluding hydrogens is 436 g/mol. The second-order valence-electron chi connectivity index (χ2n) is 8.25. The largest absolute Gasteiger partial charge is 0.507 e. The summed E-state index contributed by atoms with van der Waals surface area (Å²) in [5.74, 6) is -0.0627. The third-order valence-electron chi connectivity index (χ3n) is 5.58. The number of phenols is 1. The number of carbonyl (C=O) groups is 2. The lowest BCUT2D eigenvalue weighted by atomic mass is 10.1. The van der Waals surface area contributed by atoms with Gasteiger partial charge in [-0.25, -0.2) is 0 Å². The standard InChI is InChI=1S/C26H26N2O6/c1-16-11-19(12-18(25(16)31)13-24(29)30)27-26(32)17-7-9-20(10-8-17)33-15-21-14-28(2)22-5-3-4-6-23(22)34-21/h3-12,21,31H,13-15H2,1-2H3,(H,27,32)(H,29,30)/t21-/m0/s1. The topological polar surface area (TPSA) is 108 Å². The molecule has 0 aliphatic carbocycles. The minimum Gasteiger partial charge on any atom is -0.507 e. The number of hydrogen-bond donors (Lipinski definition) is 3. The number of ether oxygens (including phenoxy) is 2. The van der Waals surface area contributed by atoms with Gasteiger partial charge in [0.25, 0.3) is 5.91 Å². The van der Waals surface area contributed by atoms with Crippen LogP contribution in [0.25, 0.3) is 0 Å². The van der Waals surface area contributed by atoms with Crippen LogP contribution in [0.15, 0.2) is 60.7 Å². The Kier molecular flexibility index (Phi) is 6.58. The first-order chi connectivity index (χ1) is 16.3. The number of hydrogen-bond acceptors (Lipinski definition) is 6. The van der Waals surface area contributed by atoms with E-state index in [2.05, 4.69) is 10.2 Å². The molecule has 0 radical (unpaired) electrons. The molecule has 1 aliphatic heterocycles. The monoisotopic (exact) mass is 462 g/mol. The molecule has 3 aromatic rings. The first-order valence-corrected chi connectivity index (χ1v) is 10.9. The van der Waals surface area contributed by atoms with Crippen molar-refractivity contribution in [3.05, 3.63) is 77.4 Å². The van der Waals surface area contributed by atoms with Crippen LogP contribution in [0.2, 0.25) is 0 Å². The molecule has 0 fully saturated rings. The normalized spacial score (nSPS) is 14.6. The van der Waals surface area contributed by atoms with Gasteiger partial charge in [0.15, 0.2) is 0 Å². The zero-order valence-electron chi connectivity index (χ0n) is 18.9. The Bertz CT molecular complexity index is 1210. The van der Waals surface area contributed by atoms with Crippen LogP contribution in [0.3, 0.4) is 0 Å². The number of carboxylic acids is 1. The highest BCUT2D eigenvalue weighted by Gasteiger charge is 2.23. The fourth-order valence-electron chi connectivity index (χ4n) is 3.90. The Morgan fingerprint density at radius 2 is 1.88 bits per heavy atom. The molecule has 4 rings (SSSR count). The van der Waals surface area contributed by atoms with Crippen molar-refractivity contribution in [1.29, 1.82) is 0 Å². The van der Waals surface area contributed by atoms with Crippen molar-refractivity contribution in [2.45, 2.75) is 19.4 Å². The van der Waals surface area contributed by atoms with E-state index >= 15 is 0 Å². The molecule has 1 heterocycles. The molecule has 0 bridgehead atoms. The predicted molar refractivity (Wildman–Crippen MR) is 128 cm³/mol. The van der Waals surface area contributed by atoms with Crippen molar-refractivity contribution in [3.8, 4) is 17.2 Å². The lowest BCUT2D eigenvalue weighted by Gasteiger charge is -2.33. The van der Waals surface area contributed by atoms with Gasteiger partial charge in [-0.1, -0.05) is 12.1 Å². The number of aryl methyl sites for hydroxylation is 1. The number of amides is 1.